The van der Waals surface area contributed by atoms with Crippen LogP contribution in [0.4, 0.5) is 0 Å². The van der Waals surface area contributed by atoms with Crippen LogP contribution in [0, 0.1) is 0 Å². The molecule has 2 aliphatic heterocycles. The van der Waals surface area contributed by atoms with E-state index in [-0.39, 0.29) is 12.6 Å². The minimum absolute atomic E-state index is 0.255. The molecule has 3 nitrogen and oxygen atoms in total. The van der Waals surface area contributed by atoms with E-state index < -0.39 is 0 Å². The van der Waals surface area contributed by atoms with Gasteiger partial charge in [0.2, 0.25) is 0 Å². The van der Waals surface area contributed by atoms with Gasteiger partial charge in [0.25, 0.3) is 0 Å². The molecule has 1 N–H and O–H groups in total. The SMILES string of the molecule is CN1CCCCN2[C@H](CO)[C@@H](c3ccc(-c4ccccc4)cc3)[C@H]2C1. The molecule has 132 valence electrons. The van der Waals surface area contributed by atoms with E-state index >= 15 is 0 Å². The summed E-state index contributed by atoms with van der Waals surface area (Å²) >= 11 is 0. The Hall–Kier alpha value is -1.68. The summed E-state index contributed by atoms with van der Waals surface area (Å²) in [5.41, 5.74) is 3.89. The molecule has 2 aromatic carbocycles. The molecule has 2 fully saturated rings. The molecule has 3 heteroatoms. The van der Waals surface area contributed by atoms with Gasteiger partial charge in [-0.1, -0.05) is 54.6 Å². The highest BCUT2D eigenvalue weighted by molar-refractivity contribution is 5.63. The van der Waals surface area contributed by atoms with E-state index in [0.29, 0.717) is 12.0 Å². The van der Waals surface area contributed by atoms with Crippen molar-refractivity contribution in [1.29, 1.82) is 0 Å². The molecule has 0 amide bonds. The molecule has 2 aromatic rings. The standard InChI is InChI=1S/C22H28N2O/c1-23-13-5-6-14-24-20(15-23)22(21(24)16-25)19-11-9-18(10-12-19)17-7-3-2-4-8-17/h2-4,7-12,20-22,25H,5-6,13-16H2,1H3/t20-,21-,22+/m1/s1. The second-order valence-electron chi connectivity index (χ2n) is 7.54. The van der Waals surface area contributed by atoms with Crippen LogP contribution in [-0.4, -0.2) is 60.3 Å². The molecule has 2 heterocycles. The zero-order chi connectivity index (χ0) is 17.2. The number of rotatable bonds is 3. The Balaban J connectivity index is 1.57. The maximum absolute atomic E-state index is 9.96. The first-order valence-electron chi connectivity index (χ1n) is 9.48. The van der Waals surface area contributed by atoms with Crippen molar-refractivity contribution in [3.05, 3.63) is 60.2 Å². The number of aliphatic hydroxyl groups excluding tert-OH is 1. The fraction of sp³-hybridized carbons (Fsp3) is 0.455. The van der Waals surface area contributed by atoms with Crippen molar-refractivity contribution in [2.24, 2.45) is 0 Å². The van der Waals surface area contributed by atoms with Crippen molar-refractivity contribution < 1.29 is 5.11 Å². The Morgan fingerprint density at radius 3 is 2.32 bits per heavy atom. The maximum Gasteiger partial charge on any atom is 0.0593 e. The van der Waals surface area contributed by atoms with Crippen molar-refractivity contribution in [3.8, 4) is 11.1 Å². The van der Waals surface area contributed by atoms with E-state index in [1.165, 1.54) is 36.1 Å². The van der Waals surface area contributed by atoms with Gasteiger partial charge in [0, 0.05) is 24.5 Å². The third kappa shape index (κ3) is 3.24. The fourth-order valence-electron chi connectivity index (χ4n) is 4.64. The molecular weight excluding hydrogens is 308 g/mol. The fourth-order valence-corrected chi connectivity index (χ4v) is 4.64. The predicted molar refractivity (Wildman–Crippen MR) is 103 cm³/mol. The lowest BCUT2D eigenvalue weighted by atomic mass is 9.74. The molecule has 0 spiro atoms. The van der Waals surface area contributed by atoms with Crippen LogP contribution in [0.3, 0.4) is 0 Å². The highest BCUT2D eigenvalue weighted by Gasteiger charge is 2.48. The van der Waals surface area contributed by atoms with Gasteiger partial charge in [0.15, 0.2) is 0 Å². The first-order valence-corrected chi connectivity index (χ1v) is 9.48. The molecule has 0 aliphatic carbocycles. The van der Waals surface area contributed by atoms with Gasteiger partial charge >= 0.3 is 0 Å². The minimum Gasteiger partial charge on any atom is -0.395 e. The molecule has 0 radical (unpaired) electrons. The average Bonchev–Trinajstić information content (AvgIpc) is 2.64. The summed E-state index contributed by atoms with van der Waals surface area (Å²) in [6.07, 6.45) is 2.49. The number of nitrogens with zero attached hydrogens (tertiary/aromatic N) is 2. The van der Waals surface area contributed by atoms with Crippen LogP contribution in [0.2, 0.25) is 0 Å². The van der Waals surface area contributed by atoms with Gasteiger partial charge in [0.05, 0.1) is 6.61 Å². The Morgan fingerprint density at radius 2 is 1.60 bits per heavy atom. The average molecular weight is 336 g/mol. The Kier molecular flexibility index (Phi) is 4.89. The molecule has 3 atom stereocenters. The molecule has 4 rings (SSSR count). The van der Waals surface area contributed by atoms with Crippen molar-refractivity contribution in [2.75, 3.05) is 33.3 Å². The summed E-state index contributed by atoms with van der Waals surface area (Å²) < 4.78 is 0. The zero-order valence-electron chi connectivity index (χ0n) is 15.0. The maximum atomic E-state index is 9.96. The van der Waals surface area contributed by atoms with Gasteiger partial charge in [-0.05, 0) is 49.7 Å². The van der Waals surface area contributed by atoms with Crippen LogP contribution in [0.25, 0.3) is 11.1 Å². The predicted octanol–water partition coefficient (Wildman–Crippen LogP) is 3.21. The van der Waals surface area contributed by atoms with E-state index in [2.05, 4.69) is 71.4 Å². The van der Waals surface area contributed by atoms with E-state index in [1.54, 1.807) is 0 Å². The number of hydrogen-bond acceptors (Lipinski definition) is 3. The number of fused-ring (bicyclic) bond motifs is 1. The second-order valence-corrected chi connectivity index (χ2v) is 7.54. The Bertz CT molecular complexity index is 685. The van der Waals surface area contributed by atoms with Crippen LogP contribution in [0.15, 0.2) is 54.6 Å². The van der Waals surface area contributed by atoms with E-state index in [1.807, 2.05) is 0 Å². The van der Waals surface area contributed by atoms with E-state index in [4.69, 9.17) is 0 Å². The Morgan fingerprint density at radius 1 is 0.920 bits per heavy atom. The van der Waals surface area contributed by atoms with Crippen molar-refractivity contribution >= 4 is 0 Å². The summed E-state index contributed by atoms with van der Waals surface area (Å²) in [5, 5.41) is 9.96. The normalized spacial score (nSPS) is 27.8. The first-order chi connectivity index (χ1) is 12.3. The first kappa shape index (κ1) is 16.8. The smallest absolute Gasteiger partial charge is 0.0593 e. The van der Waals surface area contributed by atoms with Gasteiger partial charge < -0.3 is 10.0 Å². The number of aliphatic hydroxyl groups is 1. The summed E-state index contributed by atoms with van der Waals surface area (Å²) in [6.45, 7) is 3.67. The second kappa shape index (κ2) is 7.28. The Labute approximate surface area is 150 Å². The molecule has 0 aromatic heterocycles. The summed E-state index contributed by atoms with van der Waals surface area (Å²) in [7, 11) is 2.23. The zero-order valence-corrected chi connectivity index (χ0v) is 15.0. The number of benzene rings is 2. The number of likely N-dealkylation sites (N-methyl/N-ethyl adjacent to an activating group) is 1. The van der Waals surface area contributed by atoms with Crippen molar-refractivity contribution in [2.45, 2.75) is 30.8 Å². The molecule has 2 aliphatic rings. The lowest BCUT2D eigenvalue weighted by molar-refractivity contribution is -0.0614. The van der Waals surface area contributed by atoms with Gasteiger partial charge in [0.1, 0.15) is 0 Å². The molecule has 2 saturated heterocycles. The molecule has 0 bridgehead atoms. The van der Waals surface area contributed by atoms with Gasteiger partial charge in [-0.3, -0.25) is 4.90 Å². The third-order valence-electron chi connectivity index (χ3n) is 5.98. The highest BCUT2D eigenvalue weighted by Crippen LogP contribution is 2.42. The largest absolute Gasteiger partial charge is 0.395 e. The highest BCUT2D eigenvalue weighted by atomic mass is 16.3. The van der Waals surface area contributed by atoms with E-state index in [9.17, 15) is 5.11 Å². The van der Waals surface area contributed by atoms with Crippen LogP contribution in [-0.2, 0) is 0 Å². The van der Waals surface area contributed by atoms with Crippen LogP contribution in [0.5, 0.6) is 0 Å². The molecular formula is C22H28N2O. The molecule has 25 heavy (non-hydrogen) atoms. The van der Waals surface area contributed by atoms with Gasteiger partial charge in [-0.15, -0.1) is 0 Å². The summed E-state index contributed by atoms with van der Waals surface area (Å²) in [6, 6.07) is 20.3. The molecule has 0 unspecified atom stereocenters. The third-order valence-corrected chi connectivity index (χ3v) is 5.98. The van der Waals surface area contributed by atoms with Gasteiger partial charge in [-0.2, -0.15) is 0 Å². The number of hydrogen-bond donors (Lipinski definition) is 1. The molecule has 0 saturated carbocycles. The topological polar surface area (TPSA) is 26.7 Å². The lowest BCUT2D eigenvalue weighted by Gasteiger charge is -2.57. The van der Waals surface area contributed by atoms with Crippen molar-refractivity contribution in [3.63, 3.8) is 0 Å². The van der Waals surface area contributed by atoms with Crippen molar-refractivity contribution in [1.82, 2.24) is 9.80 Å². The monoisotopic (exact) mass is 336 g/mol. The quantitative estimate of drug-likeness (QED) is 0.932. The minimum atomic E-state index is 0.255. The van der Waals surface area contributed by atoms with Crippen LogP contribution in [0.1, 0.15) is 24.3 Å². The lowest BCUT2D eigenvalue weighted by Crippen LogP contribution is -2.67. The van der Waals surface area contributed by atoms with Gasteiger partial charge in [-0.25, -0.2) is 0 Å². The van der Waals surface area contributed by atoms with Crippen LogP contribution >= 0.6 is 0 Å². The summed E-state index contributed by atoms with van der Waals surface area (Å²) in [4.78, 5) is 4.99. The summed E-state index contributed by atoms with van der Waals surface area (Å²) in [5.74, 6) is 0.440. The van der Waals surface area contributed by atoms with E-state index in [0.717, 1.165) is 13.1 Å². The van der Waals surface area contributed by atoms with Crippen LogP contribution < -0.4 is 0 Å².